The zero-order valence-corrected chi connectivity index (χ0v) is 19.5. The number of hydrogen-bond donors (Lipinski definition) is 0. The molecule has 0 aliphatic heterocycles. The predicted molar refractivity (Wildman–Crippen MR) is 136 cm³/mol. The Kier molecular flexibility index (Phi) is 5.50. The van der Waals surface area contributed by atoms with Gasteiger partial charge in [-0.05, 0) is 67.4 Å². The van der Waals surface area contributed by atoms with Gasteiger partial charge in [0.2, 0.25) is 5.88 Å². The Balaban J connectivity index is 0.00000241. The third kappa shape index (κ3) is 3.58. The topological polar surface area (TPSA) is 40.2 Å². The average molecular weight is 473 g/mol. The Morgan fingerprint density at radius 3 is 2.56 bits per heavy atom. The Morgan fingerprint density at radius 2 is 1.71 bits per heavy atom. The molecule has 0 amide bonds. The Labute approximate surface area is 202 Å². The van der Waals surface area contributed by atoms with Crippen LogP contribution in [0.5, 0.6) is 11.6 Å². The van der Waals surface area contributed by atoms with Gasteiger partial charge >= 0.3 is 0 Å². The summed E-state index contributed by atoms with van der Waals surface area (Å²) in [6.07, 6.45) is 1.77. The molecule has 0 fully saturated rings. The SMILES string of the molecule is Cc1c(C)n(Cc2cccc(F)c2)c2c(Oc3ccc4oc5ccccc5c4c3)nccc12.Cl. The molecule has 0 aliphatic carbocycles. The molecule has 0 spiro atoms. The number of furan rings is 1. The van der Waals surface area contributed by atoms with E-state index in [2.05, 4.69) is 23.4 Å². The molecule has 6 heteroatoms. The maximum atomic E-state index is 13.8. The number of ether oxygens (including phenoxy) is 1. The monoisotopic (exact) mass is 472 g/mol. The van der Waals surface area contributed by atoms with Gasteiger partial charge in [-0.25, -0.2) is 9.37 Å². The maximum Gasteiger partial charge on any atom is 0.244 e. The first kappa shape index (κ1) is 22.0. The van der Waals surface area contributed by atoms with Gasteiger partial charge in [-0.3, -0.25) is 0 Å². The van der Waals surface area contributed by atoms with Crippen LogP contribution in [0.1, 0.15) is 16.8 Å². The third-order valence-electron chi connectivity index (χ3n) is 6.30. The summed E-state index contributed by atoms with van der Waals surface area (Å²) in [5.74, 6) is 0.962. The fourth-order valence-electron chi connectivity index (χ4n) is 4.53. The lowest BCUT2D eigenvalue weighted by molar-refractivity contribution is 0.466. The highest BCUT2D eigenvalue weighted by Crippen LogP contribution is 2.36. The Morgan fingerprint density at radius 1 is 0.882 bits per heavy atom. The smallest absolute Gasteiger partial charge is 0.244 e. The van der Waals surface area contributed by atoms with E-state index in [0.29, 0.717) is 18.2 Å². The van der Waals surface area contributed by atoms with Gasteiger partial charge in [-0.15, -0.1) is 12.4 Å². The van der Waals surface area contributed by atoms with Crippen molar-refractivity contribution < 1.29 is 13.5 Å². The number of rotatable bonds is 4. The van der Waals surface area contributed by atoms with Gasteiger partial charge in [0.25, 0.3) is 0 Å². The number of halogens is 2. The minimum atomic E-state index is -0.242. The van der Waals surface area contributed by atoms with E-state index >= 15 is 0 Å². The molecule has 4 nitrogen and oxygen atoms in total. The van der Waals surface area contributed by atoms with E-state index in [4.69, 9.17) is 9.15 Å². The molecule has 3 aromatic heterocycles. The van der Waals surface area contributed by atoms with Crippen molar-refractivity contribution >= 4 is 45.2 Å². The molecule has 6 aromatic rings. The summed E-state index contributed by atoms with van der Waals surface area (Å²) in [5.41, 5.74) is 5.70. The number of fused-ring (bicyclic) bond motifs is 4. The summed E-state index contributed by atoms with van der Waals surface area (Å²) in [4.78, 5) is 4.57. The third-order valence-corrected chi connectivity index (χ3v) is 6.30. The molecule has 0 bridgehead atoms. The van der Waals surface area contributed by atoms with Crippen molar-refractivity contribution in [1.82, 2.24) is 9.55 Å². The van der Waals surface area contributed by atoms with Gasteiger partial charge in [0.05, 0.1) is 0 Å². The first-order valence-electron chi connectivity index (χ1n) is 10.9. The second-order valence-electron chi connectivity index (χ2n) is 8.30. The molecule has 0 atom stereocenters. The van der Waals surface area contributed by atoms with Crippen LogP contribution in [-0.4, -0.2) is 9.55 Å². The number of nitrogens with zero attached hydrogens (tertiary/aromatic N) is 2. The lowest BCUT2D eigenvalue weighted by atomic mass is 10.1. The fraction of sp³-hybridized carbons (Fsp3) is 0.107. The lowest BCUT2D eigenvalue weighted by Gasteiger charge is -2.12. The first-order valence-corrected chi connectivity index (χ1v) is 10.9. The maximum absolute atomic E-state index is 13.8. The van der Waals surface area contributed by atoms with Gasteiger partial charge in [0, 0.05) is 34.6 Å². The van der Waals surface area contributed by atoms with E-state index in [1.54, 1.807) is 18.3 Å². The van der Waals surface area contributed by atoms with Crippen molar-refractivity contribution in [2.75, 3.05) is 0 Å². The van der Waals surface area contributed by atoms with Gasteiger partial charge in [0.1, 0.15) is 28.2 Å². The molecule has 0 unspecified atom stereocenters. The van der Waals surface area contributed by atoms with Crippen molar-refractivity contribution in [3.05, 3.63) is 102 Å². The molecular formula is C28H22ClFN2O2. The minimum Gasteiger partial charge on any atom is -0.456 e. The van der Waals surface area contributed by atoms with E-state index < -0.39 is 0 Å². The van der Waals surface area contributed by atoms with Crippen molar-refractivity contribution in [2.45, 2.75) is 20.4 Å². The normalized spacial score (nSPS) is 11.3. The Bertz CT molecular complexity index is 1670. The van der Waals surface area contributed by atoms with E-state index in [-0.39, 0.29) is 18.2 Å². The van der Waals surface area contributed by atoms with E-state index in [0.717, 1.165) is 49.7 Å². The number of aryl methyl sites for hydroxylation is 1. The number of para-hydroxylation sites is 1. The molecule has 170 valence electrons. The van der Waals surface area contributed by atoms with Crippen LogP contribution in [0.3, 0.4) is 0 Å². The highest BCUT2D eigenvalue weighted by Gasteiger charge is 2.18. The van der Waals surface area contributed by atoms with Crippen LogP contribution >= 0.6 is 12.4 Å². The number of benzene rings is 3. The predicted octanol–water partition coefficient (Wildman–Crippen LogP) is 7.95. The van der Waals surface area contributed by atoms with E-state index in [1.165, 1.54) is 6.07 Å². The van der Waals surface area contributed by atoms with Crippen molar-refractivity contribution in [2.24, 2.45) is 0 Å². The molecule has 0 saturated carbocycles. The molecule has 3 heterocycles. The number of pyridine rings is 1. The van der Waals surface area contributed by atoms with Crippen LogP contribution in [0.25, 0.3) is 32.8 Å². The minimum absolute atomic E-state index is 0. The van der Waals surface area contributed by atoms with E-state index in [9.17, 15) is 4.39 Å². The van der Waals surface area contributed by atoms with Crippen LogP contribution in [0.2, 0.25) is 0 Å². The van der Waals surface area contributed by atoms with Gasteiger partial charge < -0.3 is 13.7 Å². The van der Waals surface area contributed by atoms with Crippen LogP contribution in [0.15, 0.2) is 83.4 Å². The zero-order chi connectivity index (χ0) is 22.5. The van der Waals surface area contributed by atoms with Gasteiger partial charge in [0.15, 0.2) is 0 Å². The van der Waals surface area contributed by atoms with E-state index in [1.807, 2.05) is 54.6 Å². The summed E-state index contributed by atoms with van der Waals surface area (Å²) in [7, 11) is 0. The molecule has 0 radical (unpaired) electrons. The van der Waals surface area contributed by atoms with Crippen molar-refractivity contribution in [3.63, 3.8) is 0 Å². The van der Waals surface area contributed by atoms with Crippen LogP contribution in [0, 0.1) is 19.7 Å². The highest BCUT2D eigenvalue weighted by atomic mass is 35.5. The van der Waals surface area contributed by atoms with Gasteiger partial charge in [-0.1, -0.05) is 30.3 Å². The Hall–Kier alpha value is -3.83. The molecule has 3 aromatic carbocycles. The molecule has 0 saturated heterocycles. The van der Waals surface area contributed by atoms with Crippen LogP contribution in [0.4, 0.5) is 4.39 Å². The number of hydrogen-bond acceptors (Lipinski definition) is 3. The molecular weight excluding hydrogens is 451 g/mol. The number of aromatic nitrogens is 2. The first-order chi connectivity index (χ1) is 16.1. The second-order valence-corrected chi connectivity index (χ2v) is 8.30. The largest absolute Gasteiger partial charge is 0.456 e. The van der Waals surface area contributed by atoms with Gasteiger partial charge in [-0.2, -0.15) is 0 Å². The summed E-state index contributed by atoms with van der Waals surface area (Å²) in [6.45, 7) is 4.69. The average Bonchev–Trinajstić information content (AvgIpc) is 3.30. The standard InChI is InChI=1S/C28H21FN2O2.ClH/c1-17-18(2)31(16-19-6-5-7-20(29)14-19)27-22(17)12-13-30-28(27)32-21-10-11-26-24(15-21)23-8-3-4-9-25(23)33-26;/h3-15H,16H2,1-2H3;1H. The summed E-state index contributed by atoms with van der Waals surface area (Å²) in [5, 5.41) is 3.12. The van der Waals surface area contributed by atoms with Crippen LogP contribution < -0.4 is 4.74 Å². The van der Waals surface area contributed by atoms with Crippen molar-refractivity contribution in [1.29, 1.82) is 0 Å². The quantitative estimate of drug-likeness (QED) is 0.261. The molecule has 6 rings (SSSR count). The molecule has 34 heavy (non-hydrogen) atoms. The second kappa shape index (κ2) is 8.50. The van der Waals surface area contributed by atoms with Crippen molar-refractivity contribution in [3.8, 4) is 11.6 Å². The molecule has 0 N–H and O–H groups in total. The summed E-state index contributed by atoms with van der Waals surface area (Å²) >= 11 is 0. The summed E-state index contributed by atoms with van der Waals surface area (Å²) < 4.78 is 28.2. The highest BCUT2D eigenvalue weighted by molar-refractivity contribution is 6.05. The molecule has 0 aliphatic rings. The lowest BCUT2D eigenvalue weighted by Crippen LogP contribution is -2.04. The van der Waals surface area contributed by atoms with Crippen LogP contribution in [-0.2, 0) is 6.54 Å². The summed E-state index contributed by atoms with van der Waals surface area (Å²) in [6, 6.07) is 22.5. The fourth-order valence-corrected chi connectivity index (χ4v) is 4.53. The zero-order valence-electron chi connectivity index (χ0n) is 18.7.